The maximum absolute atomic E-state index is 12.2. The molecule has 2 N–H and O–H groups in total. The van der Waals surface area contributed by atoms with Gasteiger partial charge in [0.25, 0.3) is 0 Å². The molecule has 19 heavy (non-hydrogen) atoms. The van der Waals surface area contributed by atoms with Gasteiger partial charge in [0, 0.05) is 13.1 Å². The number of hydrogen-bond acceptors (Lipinski definition) is 2. The van der Waals surface area contributed by atoms with Crippen LogP contribution in [0.1, 0.15) is 40.0 Å². The molecule has 1 saturated carbocycles. The fraction of sp³-hybridized carbons (Fsp3) is 0.857. The first-order valence-corrected chi connectivity index (χ1v) is 7.07. The van der Waals surface area contributed by atoms with Gasteiger partial charge in [0.1, 0.15) is 6.04 Å². The van der Waals surface area contributed by atoms with Gasteiger partial charge in [0.05, 0.1) is 0 Å². The monoisotopic (exact) mass is 268 g/mol. The Bertz CT molecular complexity index is 375. The number of fused-ring (bicyclic) bond motifs is 1. The van der Waals surface area contributed by atoms with E-state index in [-0.39, 0.29) is 17.4 Å². The number of aliphatic carboxylic acids is 1. The average Bonchev–Trinajstić information content (AvgIpc) is 2.82. The van der Waals surface area contributed by atoms with Crippen LogP contribution in [0.15, 0.2) is 0 Å². The third-order valence-electron chi connectivity index (χ3n) is 4.17. The Morgan fingerprint density at radius 2 is 2.00 bits per heavy atom. The van der Waals surface area contributed by atoms with Gasteiger partial charge < -0.3 is 15.3 Å². The third-order valence-corrected chi connectivity index (χ3v) is 4.17. The van der Waals surface area contributed by atoms with Crippen LogP contribution in [0.2, 0.25) is 0 Å². The van der Waals surface area contributed by atoms with Crippen molar-refractivity contribution in [2.24, 2.45) is 17.3 Å². The third kappa shape index (κ3) is 3.01. The highest BCUT2D eigenvalue weighted by Gasteiger charge is 2.49. The van der Waals surface area contributed by atoms with Crippen molar-refractivity contribution < 1.29 is 14.7 Å². The standard InChI is InChI=1S/C14H24N2O3/c1-14(2,3)8-15-13(19)16-7-9-5-4-6-10(9)11(16)12(17)18/h9-11H,4-8H2,1-3H3,(H,15,19)(H,17,18). The predicted molar refractivity (Wildman–Crippen MR) is 71.8 cm³/mol. The smallest absolute Gasteiger partial charge is 0.326 e. The molecule has 3 atom stereocenters. The Labute approximate surface area is 114 Å². The summed E-state index contributed by atoms with van der Waals surface area (Å²) in [6.45, 7) is 7.28. The summed E-state index contributed by atoms with van der Waals surface area (Å²) in [7, 11) is 0. The molecule has 5 nitrogen and oxygen atoms in total. The number of hydrogen-bond donors (Lipinski definition) is 2. The number of amides is 2. The van der Waals surface area contributed by atoms with Gasteiger partial charge in [-0.05, 0) is 30.1 Å². The van der Waals surface area contributed by atoms with Crippen molar-refractivity contribution in [2.45, 2.75) is 46.1 Å². The van der Waals surface area contributed by atoms with E-state index in [9.17, 15) is 14.7 Å². The Hall–Kier alpha value is -1.26. The van der Waals surface area contributed by atoms with E-state index in [4.69, 9.17) is 0 Å². The second-order valence-corrected chi connectivity index (χ2v) is 7.01. The van der Waals surface area contributed by atoms with Gasteiger partial charge in [-0.25, -0.2) is 9.59 Å². The zero-order valence-electron chi connectivity index (χ0n) is 12.0. The van der Waals surface area contributed by atoms with Gasteiger partial charge in [0.15, 0.2) is 0 Å². The molecule has 1 aliphatic heterocycles. The minimum absolute atomic E-state index is 0.00394. The van der Waals surface area contributed by atoms with Crippen molar-refractivity contribution in [1.82, 2.24) is 10.2 Å². The van der Waals surface area contributed by atoms with Crippen LogP contribution in [0.25, 0.3) is 0 Å². The van der Waals surface area contributed by atoms with E-state index >= 15 is 0 Å². The first-order valence-electron chi connectivity index (χ1n) is 7.07. The molecule has 2 rings (SSSR count). The summed E-state index contributed by atoms with van der Waals surface area (Å²) in [5.41, 5.74) is 0.00394. The number of carboxylic acids is 1. The average molecular weight is 268 g/mol. The molecule has 3 unspecified atom stereocenters. The molecule has 1 heterocycles. The Kier molecular flexibility index (Phi) is 3.74. The van der Waals surface area contributed by atoms with Crippen LogP contribution in [-0.4, -0.2) is 41.1 Å². The normalized spacial score (nSPS) is 30.3. The van der Waals surface area contributed by atoms with Gasteiger partial charge in [-0.2, -0.15) is 0 Å². The minimum atomic E-state index is -0.861. The number of carbonyl (C=O) groups excluding carboxylic acids is 1. The van der Waals surface area contributed by atoms with Crippen LogP contribution >= 0.6 is 0 Å². The van der Waals surface area contributed by atoms with E-state index in [1.807, 2.05) is 20.8 Å². The lowest BCUT2D eigenvalue weighted by atomic mass is 9.94. The summed E-state index contributed by atoms with van der Waals surface area (Å²) in [6, 6.07) is -0.857. The van der Waals surface area contributed by atoms with Crippen molar-refractivity contribution in [3.05, 3.63) is 0 Å². The maximum atomic E-state index is 12.2. The van der Waals surface area contributed by atoms with E-state index in [0.717, 1.165) is 19.3 Å². The lowest BCUT2D eigenvalue weighted by Crippen LogP contribution is -2.49. The molecule has 1 saturated heterocycles. The number of urea groups is 1. The van der Waals surface area contributed by atoms with Crippen molar-refractivity contribution in [3.63, 3.8) is 0 Å². The summed E-state index contributed by atoms with van der Waals surface area (Å²) in [5, 5.41) is 12.2. The van der Waals surface area contributed by atoms with E-state index < -0.39 is 12.0 Å². The van der Waals surface area contributed by atoms with Crippen molar-refractivity contribution in [2.75, 3.05) is 13.1 Å². The molecule has 0 radical (unpaired) electrons. The summed E-state index contributed by atoms with van der Waals surface area (Å²) in [4.78, 5) is 25.2. The number of nitrogens with zero attached hydrogens (tertiary/aromatic N) is 1. The van der Waals surface area contributed by atoms with E-state index in [1.54, 1.807) is 0 Å². The summed E-state index contributed by atoms with van der Waals surface area (Å²) in [5.74, 6) is -0.334. The molecule has 0 spiro atoms. The number of likely N-dealkylation sites (tertiary alicyclic amines) is 1. The molecule has 2 fully saturated rings. The molecule has 0 aromatic carbocycles. The summed E-state index contributed by atoms with van der Waals surface area (Å²) < 4.78 is 0. The topological polar surface area (TPSA) is 69.6 Å². The molecule has 1 aliphatic carbocycles. The minimum Gasteiger partial charge on any atom is -0.480 e. The van der Waals surface area contributed by atoms with E-state index in [0.29, 0.717) is 19.0 Å². The molecule has 2 amide bonds. The Morgan fingerprint density at radius 3 is 2.58 bits per heavy atom. The molecule has 108 valence electrons. The lowest BCUT2D eigenvalue weighted by molar-refractivity contribution is -0.142. The molecular formula is C14H24N2O3. The molecule has 5 heteroatoms. The van der Waals surface area contributed by atoms with Crippen LogP contribution in [0.5, 0.6) is 0 Å². The molecule has 0 aromatic heterocycles. The van der Waals surface area contributed by atoms with Crippen molar-refractivity contribution >= 4 is 12.0 Å². The van der Waals surface area contributed by atoms with Gasteiger partial charge in [-0.15, -0.1) is 0 Å². The quantitative estimate of drug-likeness (QED) is 0.804. The summed E-state index contributed by atoms with van der Waals surface area (Å²) in [6.07, 6.45) is 3.08. The van der Waals surface area contributed by atoms with Crippen molar-refractivity contribution in [1.29, 1.82) is 0 Å². The number of nitrogens with one attached hydrogen (secondary N) is 1. The van der Waals surface area contributed by atoms with Gasteiger partial charge in [-0.3, -0.25) is 0 Å². The maximum Gasteiger partial charge on any atom is 0.326 e. The van der Waals surface area contributed by atoms with Gasteiger partial charge in [0.2, 0.25) is 0 Å². The largest absolute Gasteiger partial charge is 0.480 e. The van der Waals surface area contributed by atoms with Crippen LogP contribution in [0, 0.1) is 17.3 Å². The molecular weight excluding hydrogens is 244 g/mol. The van der Waals surface area contributed by atoms with Crippen LogP contribution in [0.3, 0.4) is 0 Å². The SMILES string of the molecule is CC(C)(C)CNC(=O)N1CC2CCCC2C1C(=O)O. The predicted octanol–water partition coefficient (Wildman–Crippen LogP) is 1.93. The zero-order valence-corrected chi connectivity index (χ0v) is 12.0. The van der Waals surface area contributed by atoms with Crippen LogP contribution in [0.4, 0.5) is 4.79 Å². The van der Waals surface area contributed by atoms with E-state index in [1.165, 1.54) is 4.90 Å². The summed E-state index contributed by atoms with van der Waals surface area (Å²) >= 11 is 0. The highest BCUT2D eigenvalue weighted by molar-refractivity contribution is 5.83. The first-order chi connectivity index (χ1) is 8.79. The van der Waals surface area contributed by atoms with Crippen LogP contribution < -0.4 is 5.32 Å². The number of carbonyl (C=O) groups is 2. The molecule has 0 aromatic rings. The first kappa shape index (κ1) is 14.2. The molecule has 2 aliphatic rings. The highest BCUT2D eigenvalue weighted by Crippen LogP contribution is 2.42. The van der Waals surface area contributed by atoms with Gasteiger partial charge in [-0.1, -0.05) is 27.2 Å². The fourth-order valence-electron chi connectivity index (χ4n) is 3.27. The number of rotatable bonds is 2. The van der Waals surface area contributed by atoms with Crippen molar-refractivity contribution in [3.8, 4) is 0 Å². The second kappa shape index (κ2) is 5.02. The zero-order chi connectivity index (χ0) is 14.2. The fourth-order valence-corrected chi connectivity index (χ4v) is 3.27. The van der Waals surface area contributed by atoms with Crippen LogP contribution in [-0.2, 0) is 4.79 Å². The van der Waals surface area contributed by atoms with Gasteiger partial charge >= 0.3 is 12.0 Å². The lowest BCUT2D eigenvalue weighted by Gasteiger charge is -2.27. The van der Waals surface area contributed by atoms with E-state index in [2.05, 4.69) is 5.32 Å². The number of carboxylic acid groups (broad SMARTS) is 1. The second-order valence-electron chi connectivity index (χ2n) is 7.01. The molecule has 0 bridgehead atoms. The Morgan fingerprint density at radius 1 is 1.32 bits per heavy atom. The highest BCUT2D eigenvalue weighted by atomic mass is 16.4. The Balaban J connectivity index is 2.02.